The molecule has 0 bridgehead atoms. The molecular weight excluding hydrogens is 234 g/mol. The Kier molecular flexibility index (Phi) is 4.66. The fourth-order valence-corrected chi connectivity index (χ4v) is 2.37. The molecule has 0 unspecified atom stereocenters. The molecule has 1 saturated heterocycles. The third-order valence-electron chi connectivity index (χ3n) is 3.61. The lowest BCUT2D eigenvalue weighted by Crippen LogP contribution is -2.42. The van der Waals surface area contributed by atoms with Gasteiger partial charge in [0.05, 0.1) is 0 Å². The Labute approximate surface area is 107 Å². The molecule has 1 aliphatic rings. The van der Waals surface area contributed by atoms with Gasteiger partial charge in [0.1, 0.15) is 0 Å². The zero-order chi connectivity index (χ0) is 13.0. The Morgan fingerprint density at radius 3 is 2.56 bits per heavy atom. The highest BCUT2D eigenvalue weighted by Gasteiger charge is 2.17. The summed E-state index contributed by atoms with van der Waals surface area (Å²) in [6.07, 6.45) is 2.25. The molecular formula is C14H20F2N2. The molecule has 0 aromatic heterocycles. The van der Waals surface area contributed by atoms with Crippen molar-refractivity contribution in [2.45, 2.75) is 32.4 Å². The van der Waals surface area contributed by atoms with Gasteiger partial charge in [0.2, 0.25) is 0 Å². The first-order valence-electron chi connectivity index (χ1n) is 6.58. The molecule has 2 rings (SSSR count). The third kappa shape index (κ3) is 3.50. The molecule has 1 heterocycles. The van der Waals surface area contributed by atoms with Gasteiger partial charge in [-0.15, -0.1) is 0 Å². The molecule has 1 N–H and O–H groups in total. The van der Waals surface area contributed by atoms with Crippen molar-refractivity contribution in [1.29, 1.82) is 0 Å². The SMILES string of the molecule is CCN1CCC(NCc2ccc(F)c(F)c2)CC1. The summed E-state index contributed by atoms with van der Waals surface area (Å²) in [4.78, 5) is 2.43. The normalized spacial score (nSPS) is 18.2. The van der Waals surface area contributed by atoms with E-state index in [-0.39, 0.29) is 0 Å². The minimum absolute atomic E-state index is 0.487. The summed E-state index contributed by atoms with van der Waals surface area (Å²) < 4.78 is 25.8. The van der Waals surface area contributed by atoms with Crippen LogP contribution < -0.4 is 5.32 Å². The second-order valence-corrected chi connectivity index (χ2v) is 4.84. The second kappa shape index (κ2) is 6.25. The number of hydrogen-bond acceptors (Lipinski definition) is 2. The molecule has 100 valence electrons. The summed E-state index contributed by atoms with van der Waals surface area (Å²) in [5.41, 5.74) is 0.798. The molecule has 0 aliphatic carbocycles. The molecule has 0 atom stereocenters. The van der Waals surface area contributed by atoms with Gasteiger partial charge in [0.15, 0.2) is 11.6 Å². The van der Waals surface area contributed by atoms with Crippen LogP contribution in [0.1, 0.15) is 25.3 Å². The largest absolute Gasteiger partial charge is 0.310 e. The topological polar surface area (TPSA) is 15.3 Å². The molecule has 1 aromatic carbocycles. The molecule has 1 aromatic rings. The zero-order valence-corrected chi connectivity index (χ0v) is 10.8. The highest BCUT2D eigenvalue weighted by Crippen LogP contribution is 2.12. The molecule has 1 aliphatic heterocycles. The molecule has 0 saturated carbocycles. The summed E-state index contributed by atoms with van der Waals surface area (Å²) in [5, 5.41) is 3.41. The highest BCUT2D eigenvalue weighted by molar-refractivity contribution is 5.17. The first-order valence-corrected chi connectivity index (χ1v) is 6.58. The van der Waals surface area contributed by atoms with Gasteiger partial charge in [0, 0.05) is 12.6 Å². The molecule has 1 fully saturated rings. The van der Waals surface area contributed by atoms with Crippen LogP contribution in [0.3, 0.4) is 0 Å². The lowest BCUT2D eigenvalue weighted by Gasteiger charge is -2.31. The Morgan fingerprint density at radius 1 is 1.22 bits per heavy atom. The predicted octanol–water partition coefficient (Wildman–Crippen LogP) is 2.54. The van der Waals surface area contributed by atoms with Gasteiger partial charge in [-0.05, 0) is 50.2 Å². The van der Waals surface area contributed by atoms with Crippen LogP contribution in [0.5, 0.6) is 0 Å². The van der Waals surface area contributed by atoms with E-state index in [1.54, 1.807) is 6.07 Å². The minimum Gasteiger partial charge on any atom is -0.310 e. The van der Waals surface area contributed by atoms with E-state index in [4.69, 9.17) is 0 Å². The fourth-order valence-electron chi connectivity index (χ4n) is 2.37. The average Bonchev–Trinajstić information content (AvgIpc) is 2.41. The number of piperidine rings is 1. The quantitative estimate of drug-likeness (QED) is 0.888. The Bertz CT molecular complexity index is 387. The minimum atomic E-state index is -0.782. The van der Waals surface area contributed by atoms with E-state index in [0.29, 0.717) is 12.6 Å². The van der Waals surface area contributed by atoms with Crippen LogP contribution in [-0.2, 0) is 6.54 Å². The van der Waals surface area contributed by atoms with E-state index >= 15 is 0 Å². The van der Waals surface area contributed by atoms with E-state index in [1.165, 1.54) is 12.1 Å². The number of halogens is 2. The summed E-state index contributed by atoms with van der Waals surface area (Å²) >= 11 is 0. The van der Waals surface area contributed by atoms with Crippen LogP contribution in [0.4, 0.5) is 8.78 Å². The van der Waals surface area contributed by atoms with Crippen molar-refractivity contribution in [3.8, 4) is 0 Å². The molecule has 0 amide bonds. The lowest BCUT2D eigenvalue weighted by atomic mass is 10.0. The van der Waals surface area contributed by atoms with Crippen molar-refractivity contribution < 1.29 is 8.78 Å². The zero-order valence-electron chi connectivity index (χ0n) is 10.8. The van der Waals surface area contributed by atoms with Gasteiger partial charge >= 0.3 is 0 Å². The smallest absolute Gasteiger partial charge is 0.159 e. The monoisotopic (exact) mass is 254 g/mol. The van der Waals surface area contributed by atoms with Gasteiger partial charge in [-0.3, -0.25) is 0 Å². The summed E-state index contributed by atoms with van der Waals surface area (Å²) in [7, 11) is 0. The Hall–Kier alpha value is -1.00. The number of hydrogen-bond donors (Lipinski definition) is 1. The molecule has 2 nitrogen and oxygen atoms in total. The van der Waals surface area contributed by atoms with Crippen molar-refractivity contribution in [3.05, 3.63) is 35.4 Å². The number of nitrogens with one attached hydrogen (secondary N) is 1. The summed E-state index contributed by atoms with van der Waals surface area (Å²) in [6, 6.07) is 4.57. The van der Waals surface area contributed by atoms with Crippen molar-refractivity contribution in [3.63, 3.8) is 0 Å². The van der Waals surface area contributed by atoms with E-state index in [9.17, 15) is 8.78 Å². The second-order valence-electron chi connectivity index (χ2n) is 4.84. The maximum atomic E-state index is 13.0. The van der Waals surface area contributed by atoms with Gasteiger partial charge < -0.3 is 10.2 Å². The first kappa shape index (κ1) is 13.4. The maximum absolute atomic E-state index is 13.0. The maximum Gasteiger partial charge on any atom is 0.159 e. The fraction of sp³-hybridized carbons (Fsp3) is 0.571. The van der Waals surface area contributed by atoms with Crippen molar-refractivity contribution >= 4 is 0 Å². The lowest BCUT2D eigenvalue weighted by molar-refractivity contribution is 0.206. The van der Waals surface area contributed by atoms with Crippen LogP contribution in [0.15, 0.2) is 18.2 Å². The van der Waals surface area contributed by atoms with Crippen LogP contribution in [0.2, 0.25) is 0 Å². The van der Waals surface area contributed by atoms with E-state index in [0.717, 1.165) is 38.0 Å². The van der Waals surface area contributed by atoms with Crippen LogP contribution in [0, 0.1) is 11.6 Å². The molecule has 0 spiro atoms. The number of rotatable bonds is 4. The summed E-state index contributed by atoms with van der Waals surface area (Å²) in [6.45, 7) is 6.12. The standard InChI is InChI=1S/C14H20F2N2/c1-2-18-7-5-12(6-8-18)17-10-11-3-4-13(15)14(16)9-11/h3-4,9,12,17H,2,5-8,10H2,1H3. The van der Waals surface area contributed by atoms with Crippen molar-refractivity contribution in [2.75, 3.05) is 19.6 Å². The summed E-state index contributed by atoms with van der Waals surface area (Å²) in [5.74, 6) is -1.55. The highest BCUT2D eigenvalue weighted by atomic mass is 19.2. The Balaban J connectivity index is 1.79. The van der Waals surface area contributed by atoms with Gasteiger partial charge in [-0.25, -0.2) is 8.78 Å². The number of nitrogens with zero attached hydrogens (tertiary/aromatic N) is 1. The number of likely N-dealkylation sites (tertiary alicyclic amines) is 1. The Morgan fingerprint density at radius 2 is 1.94 bits per heavy atom. The first-order chi connectivity index (χ1) is 8.69. The van der Waals surface area contributed by atoms with Crippen molar-refractivity contribution in [1.82, 2.24) is 10.2 Å². The van der Waals surface area contributed by atoms with Crippen molar-refractivity contribution in [2.24, 2.45) is 0 Å². The van der Waals surface area contributed by atoms with Gasteiger partial charge in [-0.1, -0.05) is 13.0 Å². The molecule has 4 heteroatoms. The molecule has 0 radical (unpaired) electrons. The van der Waals surface area contributed by atoms with E-state index in [1.807, 2.05) is 0 Å². The van der Waals surface area contributed by atoms with Gasteiger partial charge in [-0.2, -0.15) is 0 Å². The average molecular weight is 254 g/mol. The van der Waals surface area contributed by atoms with E-state index < -0.39 is 11.6 Å². The van der Waals surface area contributed by atoms with E-state index in [2.05, 4.69) is 17.1 Å². The molecule has 18 heavy (non-hydrogen) atoms. The third-order valence-corrected chi connectivity index (χ3v) is 3.61. The van der Waals surface area contributed by atoms with Crippen LogP contribution in [0.25, 0.3) is 0 Å². The van der Waals surface area contributed by atoms with Gasteiger partial charge in [0.25, 0.3) is 0 Å². The predicted molar refractivity (Wildman–Crippen MR) is 68.3 cm³/mol. The van der Waals surface area contributed by atoms with Crippen LogP contribution in [-0.4, -0.2) is 30.6 Å². The number of benzene rings is 1. The van der Waals surface area contributed by atoms with Crippen LogP contribution >= 0.6 is 0 Å².